The largest absolute Gasteiger partial charge is 0.456 e. The van der Waals surface area contributed by atoms with E-state index in [0.29, 0.717) is 0 Å². The first kappa shape index (κ1) is 31.8. The summed E-state index contributed by atoms with van der Waals surface area (Å²) in [5.74, 6) is 0.963. The molecule has 0 spiro atoms. The van der Waals surface area contributed by atoms with Crippen molar-refractivity contribution >= 4 is 73.9 Å². The Morgan fingerprint density at radius 1 is 0.352 bits per heavy atom. The monoisotopic (exact) mass is 708 g/mol. The van der Waals surface area contributed by atoms with Gasteiger partial charge >= 0.3 is 0 Å². The molecule has 0 N–H and O–H groups in total. The molecule has 9 aromatic rings. The van der Waals surface area contributed by atoms with Crippen LogP contribution in [0, 0.1) is 0 Å². The zero-order valence-electron chi connectivity index (χ0n) is 29.6. The van der Waals surface area contributed by atoms with E-state index >= 15 is 0 Å². The molecule has 2 heterocycles. The van der Waals surface area contributed by atoms with Crippen molar-refractivity contribution in [2.75, 3.05) is 9.80 Å². The summed E-state index contributed by atoms with van der Waals surface area (Å²) in [6.07, 6.45) is 0. The highest BCUT2D eigenvalue weighted by Gasteiger charge is 2.52. The Morgan fingerprint density at radius 2 is 0.741 bits per heavy atom. The van der Waals surface area contributed by atoms with Gasteiger partial charge in [0.05, 0.1) is 0 Å². The second kappa shape index (κ2) is 13.3. The third-order valence-electron chi connectivity index (χ3n) is 10.7. The minimum atomic E-state index is -2.90. The molecule has 4 heteroatoms. The van der Waals surface area contributed by atoms with Gasteiger partial charge in [-0.05, 0) is 94.4 Å². The van der Waals surface area contributed by atoms with Gasteiger partial charge in [-0.3, -0.25) is 0 Å². The summed E-state index contributed by atoms with van der Waals surface area (Å²) in [4.78, 5) is 4.68. The number of anilines is 6. The lowest BCUT2D eigenvalue weighted by molar-refractivity contribution is 0.635. The van der Waals surface area contributed by atoms with Gasteiger partial charge in [-0.25, -0.2) is 0 Å². The number of para-hydroxylation sites is 4. The molecule has 0 amide bonds. The molecule has 10 rings (SSSR count). The van der Waals surface area contributed by atoms with Crippen LogP contribution < -0.4 is 30.5 Å². The van der Waals surface area contributed by atoms with E-state index in [2.05, 4.69) is 228 Å². The molecule has 0 saturated carbocycles. The Bertz CT molecular complexity index is 2580. The van der Waals surface area contributed by atoms with Gasteiger partial charge in [0, 0.05) is 50.3 Å². The van der Waals surface area contributed by atoms with Crippen molar-refractivity contribution in [2.24, 2.45) is 0 Å². The topological polar surface area (TPSA) is 19.6 Å². The van der Waals surface area contributed by atoms with E-state index in [4.69, 9.17) is 4.42 Å². The Balaban J connectivity index is 1.27. The van der Waals surface area contributed by atoms with Crippen molar-refractivity contribution in [3.05, 3.63) is 218 Å². The molecule has 0 unspecified atom stereocenters. The van der Waals surface area contributed by atoms with Crippen molar-refractivity contribution in [3.8, 4) is 11.3 Å². The zero-order chi connectivity index (χ0) is 35.9. The third-order valence-corrected chi connectivity index (χ3v) is 15.6. The maximum Gasteiger partial charge on any atom is 0.185 e. The highest BCUT2D eigenvalue weighted by molar-refractivity contribution is 7.23. The summed E-state index contributed by atoms with van der Waals surface area (Å²) >= 11 is 0. The third kappa shape index (κ3) is 5.11. The van der Waals surface area contributed by atoms with Gasteiger partial charge in [0.25, 0.3) is 0 Å². The Labute approximate surface area is 316 Å². The van der Waals surface area contributed by atoms with Crippen molar-refractivity contribution < 1.29 is 4.42 Å². The lowest BCUT2D eigenvalue weighted by Gasteiger charge is -2.32. The SMILES string of the molecule is c1ccc(N(c2ccccc2)c2ccc3c(c2)-c2oc4ccc(N(c5ccccc5)c5ccccc5)cc4c2[Si]3(c2ccccc2)c2ccccc2)cc1. The normalized spacial score (nSPS) is 12.6. The highest BCUT2D eigenvalue weighted by atomic mass is 28.3. The van der Waals surface area contributed by atoms with Gasteiger partial charge in [0.1, 0.15) is 11.3 Å². The summed E-state index contributed by atoms with van der Waals surface area (Å²) in [5.41, 5.74) is 8.64. The number of hydrogen-bond donors (Lipinski definition) is 0. The quantitative estimate of drug-likeness (QED) is 0.147. The van der Waals surface area contributed by atoms with Crippen LogP contribution in [0.25, 0.3) is 22.3 Å². The van der Waals surface area contributed by atoms with Crippen LogP contribution >= 0.6 is 0 Å². The molecule has 54 heavy (non-hydrogen) atoms. The van der Waals surface area contributed by atoms with Crippen LogP contribution in [0.15, 0.2) is 223 Å². The lowest BCUT2D eigenvalue weighted by atomic mass is 10.1. The van der Waals surface area contributed by atoms with Crippen LogP contribution in [-0.4, -0.2) is 8.07 Å². The molecule has 1 aliphatic rings. The number of hydrogen-bond acceptors (Lipinski definition) is 3. The molecular formula is C50H36N2OSi. The lowest BCUT2D eigenvalue weighted by Crippen LogP contribution is -2.72. The van der Waals surface area contributed by atoms with Crippen molar-refractivity contribution in [2.45, 2.75) is 0 Å². The first-order chi connectivity index (χ1) is 26.8. The molecule has 1 aliphatic heterocycles. The average molecular weight is 709 g/mol. The summed E-state index contributed by atoms with van der Waals surface area (Å²) in [7, 11) is -2.90. The van der Waals surface area contributed by atoms with E-state index in [1.807, 2.05) is 0 Å². The Morgan fingerprint density at radius 3 is 1.19 bits per heavy atom. The van der Waals surface area contributed by atoms with Gasteiger partial charge in [-0.2, -0.15) is 0 Å². The van der Waals surface area contributed by atoms with Gasteiger partial charge in [-0.1, -0.05) is 140 Å². The van der Waals surface area contributed by atoms with Crippen LogP contribution in [0.1, 0.15) is 0 Å². The van der Waals surface area contributed by atoms with Crippen LogP contribution in [0.4, 0.5) is 34.1 Å². The predicted octanol–water partition coefficient (Wildman–Crippen LogP) is 10.7. The zero-order valence-corrected chi connectivity index (χ0v) is 30.6. The fraction of sp³-hybridized carbons (Fsp3) is 0. The second-order valence-electron chi connectivity index (χ2n) is 13.7. The molecular weight excluding hydrogens is 673 g/mol. The molecule has 0 radical (unpaired) electrons. The van der Waals surface area contributed by atoms with Gasteiger partial charge in [-0.15, -0.1) is 0 Å². The minimum absolute atomic E-state index is 0.896. The van der Waals surface area contributed by atoms with Crippen LogP contribution in [0.3, 0.4) is 0 Å². The van der Waals surface area contributed by atoms with Crippen molar-refractivity contribution in [1.29, 1.82) is 0 Å². The molecule has 0 bridgehead atoms. The summed E-state index contributed by atoms with van der Waals surface area (Å²) in [5, 5.41) is 6.47. The van der Waals surface area contributed by atoms with Crippen LogP contribution in [0.5, 0.6) is 0 Å². The second-order valence-corrected chi connectivity index (χ2v) is 17.4. The molecule has 0 atom stereocenters. The van der Waals surface area contributed by atoms with E-state index in [0.717, 1.165) is 56.4 Å². The first-order valence-electron chi connectivity index (χ1n) is 18.4. The van der Waals surface area contributed by atoms with Crippen molar-refractivity contribution in [3.63, 3.8) is 0 Å². The standard InChI is InChI=1S/C50H36N2OSi/c1-7-19-37(20-8-1)51(38-21-9-2-10-22-38)41-31-33-47-45(35-41)50-49(53-47)46-36-42(52(39-23-11-3-12-24-39)40-25-13-4-14-26-40)32-34-48(46)54(50,43-27-15-5-16-28-43)44-29-17-6-18-30-44/h1-36H. The molecule has 0 saturated heterocycles. The number of fused-ring (bicyclic) bond motifs is 5. The van der Waals surface area contributed by atoms with Crippen LogP contribution in [-0.2, 0) is 0 Å². The smallest absolute Gasteiger partial charge is 0.185 e. The van der Waals surface area contributed by atoms with Crippen molar-refractivity contribution in [1.82, 2.24) is 0 Å². The first-order valence-corrected chi connectivity index (χ1v) is 20.4. The summed E-state index contributed by atoms with van der Waals surface area (Å²) in [6.45, 7) is 0. The maximum absolute atomic E-state index is 7.13. The number of furan rings is 1. The average Bonchev–Trinajstić information content (AvgIpc) is 3.76. The molecule has 256 valence electrons. The summed E-state index contributed by atoms with van der Waals surface area (Å²) in [6, 6.07) is 78.6. The fourth-order valence-electron chi connectivity index (χ4n) is 8.45. The molecule has 3 nitrogen and oxygen atoms in total. The van der Waals surface area contributed by atoms with Gasteiger partial charge < -0.3 is 14.2 Å². The molecule has 1 aromatic heterocycles. The van der Waals surface area contributed by atoms with Gasteiger partial charge in [0.15, 0.2) is 8.07 Å². The number of nitrogens with zero attached hydrogens (tertiary/aromatic N) is 2. The minimum Gasteiger partial charge on any atom is -0.456 e. The maximum atomic E-state index is 7.13. The molecule has 0 fully saturated rings. The van der Waals surface area contributed by atoms with Gasteiger partial charge in [0.2, 0.25) is 0 Å². The van der Waals surface area contributed by atoms with E-state index in [1.165, 1.54) is 20.7 Å². The Kier molecular flexibility index (Phi) is 7.82. The van der Waals surface area contributed by atoms with E-state index in [-0.39, 0.29) is 0 Å². The highest BCUT2D eigenvalue weighted by Crippen LogP contribution is 2.42. The Hall–Kier alpha value is -6.88. The predicted molar refractivity (Wildman–Crippen MR) is 228 cm³/mol. The van der Waals surface area contributed by atoms with E-state index in [1.54, 1.807) is 0 Å². The molecule has 8 aromatic carbocycles. The van der Waals surface area contributed by atoms with E-state index in [9.17, 15) is 0 Å². The van der Waals surface area contributed by atoms with E-state index < -0.39 is 8.07 Å². The molecule has 0 aliphatic carbocycles. The number of benzene rings is 8. The van der Waals surface area contributed by atoms with Crippen LogP contribution in [0.2, 0.25) is 0 Å². The fourth-order valence-corrected chi connectivity index (χ4v) is 13.7. The summed E-state index contributed by atoms with van der Waals surface area (Å²) < 4.78 is 7.13. The number of rotatable bonds is 8.